The van der Waals surface area contributed by atoms with Crippen molar-refractivity contribution >= 4 is 28.5 Å². The molecule has 21 heavy (non-hydrogen) atoms. The average Bonchev–Trinajstić information content (AvgIpc) is 2.94. The Labute approximate surface area is 126 Å². The number of nitrogens with zero attached hydrogens (tertiary/aromatic N) is 5. The SMILES string of the molecule is CN(Cc1cccc(C#N)c1)c1nc(Cl)nc2[nH]ncc12. The third-order valence-electron chi connectivity index (χ3n) is 3.10. The first-order valence-electron chi connectivity index (χ1n) is 6.24. The number of aromatic nitrogens is 4. The van der Waals surface area contributed by atoms with Gasteiger partial charge in [0.1, 0.15) is 5.82 Å². The Hall–Kier alpha value is -2.65. The van der Waals surface area contributed by atoms with Gasteiger partial charge in [-0.25, -0.2) is 0 Å². The van der Waals surface area contributed by atoms with Crippen LogP contribution in [0.15, 0.2) is 30.5 Å². The van der Waals surface area contributed by atoms with Crippen molar-refractivity contribution in [2.24, 2.45) is 0 Å². The maximum atomic E-state index is 8.95. The lowest BCUT2D eigenvalue weighted by Gasteiger charge is -2.19. The molecule has 1 aromatic carbocycles. The van der Waals surface area contributed by atoms with Crippen LogP contribution in [0, 0.1) is 11.3 Å². The summed E-state index contributed by atoms with van der Waals surface area (Å²) in [6, 6.07) is 9.59. The van der Waals surface area contributed by atoms with Gasteiger partial charge in [0.2, 0.25) is 5.28 Å². The molecular weight excluding hydrogens is 288 g/mol. The van der Waals surface area contributed by atoms with Crippen LogP contribution in [0.4, 0.5) is 5.82 Å². The van der Waals surface area contributed by atoms with E-state index in [2.05, 4.69) is 26.2 Å². The van der Waals surface area contributed by atoms with E-state index in [4.69, 9.17) is 16.9 Å². The summed E-state index contributed by atoms with van der Waals surface area (Å²) in [6.07, 6.45) is 1.67. The predicted molar refractivity (Wildman–Crippen MR) is 80.0 cm³/mol. The summed E-state index contributed by atoms with van der Waals surface area (Å²) in [5, 5.41) is 16.7. The maximum Gasteiger partial charge on any atom is 0.226 e. The largest absolute Gasteiger partial charge is 0.355 e. The van der Waals surface area contributed by atoms with E-state index in [1.165, 1.54) is 0 Å². The van der Waals surface area contributed by atoms with Gasteiger partial charge in [-0.1, -0.05) is 12.1 Å². The van der Waals surface area contributed by atoms with E-state index in [9.17, 15) is 0 Å². The van der Waals surface area contributed by atoms with Crippen molar-refractivity contribution in [1.29, 1.82) is 5.26 Å². The number of H-pyrrole nitrogens is 1. The normalized spacial score (nSPS) is 10.5. The minimum atomic E-state index is 0.166. The fourth-order valence-corrected chi connectivity index (χ4v) is 2.34. The van der Waals surface area contributed by atoms with Gasteiger partial charge in [-0.3, -0.25) is 5.10 Å². The molecule has 0 fully saturated rings. The highest BCUT2D eigenvalue weighted by molar-refractivity contribution is 6.28. The molecule has 0 saturated carbocycles. The second kappa shape index (κ2) is 5.38. The Balaban J connectivity index is 1.95. The van der Waals surface area contributed by atoms with Crippen molar-refractivity contribution in [1.82, 2.24) is 20.2 Å². The molecule has 104 valence electrons. The molecule has 6 nitrogen and oxygen atoms in total. The van der Waals surface area contributed by atoms with Gasteiger partial charge >= 0.3 is 0 Å². The van der Waals surface area contributed by atoms with Crippen LogP contribution in [-0.2, 0) is 6.54 Å². The summed E-state index contributed by atoms with van der Waals surface area (Å²) in [6.45, 7) is 0.600. The molecule has 0 bridgehead atoms. The molecule has 0 radical (unpaired) electrons. The number of anilines is 1. The highest BCUT2D eigenvalue weighted by Crippen LogP contribution is 2.24. The molecule has 7 heteroatoms. The second-order valence-electron chi connectivity index (χ2n) is 4.62. The van der Waals surface area contributed by atoms with Crippen molar-refractivity contribution in [3.05, 3.63) is 46.9 Å². The average molecular weight is 299 g/mol. The molecule has 0 spiro atoms. The highest BCUT2D eigenvalue weighted by Gasteiger charge is 2.13. The molecule has 3 rings (SSSR count). The van der Waals surface area contributed by atoms with E-state index in [0.29, 0.717) is 23.6 Å². The number of aromatic amines is 1. The zero-order valence-corrected chi connectivity index (χ0v) is 12.0. The van der Waals surface area contributed by atoms with E-state index in [1.54, 1.807) is 12.3 Å². The van der Waals surface area contributed by atoms with E-state index >= 15 is 0 Å². The summed E-state index contributed by atoms with van der Waals surface area (Å²) >= 11 is 5.94. The predicted octanol–water partition coefficient (Wildman–Crippen LogP) is 2.51. The number of hydrogen-bond donors (Lipinski definition) is 1. The first-order chi connectivity index (χ1) is 10.2. The van der Waals surface area contributed by atoms with Gasteiger partial charge in [0.25, 0.3) is 0 Å². The summed E-state index contributed by atoms with van der Waals surface area (Å²) in [7, 11) is 1.91. The lowest BCUT2D eigenvalue weighted by molar-refractivity contribution is 0.900. The number of rotatable bonds is 3. The van der Waals surface area contributed by atoms with Crippen LogP contribution in [-0.4, -0.2) is 27.2 Å². The number of nitrogens with one attached hydrogen (secondary N) is 1. The van der Waals surface area contributed by atoms with Crippen LogP contribution in [0.5, 0.6) is 0 Å². The third-order valence-corrected chi connectivity index (χ3v) is 3.27. The molecule has 0 aliphatic rings. The lowest BCUT2D eigenvalue weighted by Crippen LogP contribution is -2.18. The molecule has 0 amide bonds. The molecule has 3 aromatic rings. The van der Waals surface area contributed by atoms with E-state index in [-0.39, 0.29) is 5.28 Å². The second-order valence-corrected chi connectivity index (χ2v) is 4.95. The molecular formula is C14H11ClN6. The number of halogens is 1. The third kappa shape index (κ3) is 2.64. The molecule has 2 aromatic heterocycles. The Morgan fingerprint density at radius 2 is 2.24 bits per heavy atom. The molecule has 0 aliphatic carbocycles. The van der Waals surface area contributed by atoms with Gasteiger partial charge in [-0.2, -0.15) is 20.3 Å². The molecule has 0 aliphatic heterocycles. The zero-order chi connectivity index (χ0) is 14.8. The quantitative estimate of drug-likeness (QED) is 0.751. The van der Waals surface area contributed by atoms with Gasteiger partial charge < -0.3 is 4.90 Å². The Kier molecular flexibility index (Phi) is 3.42. The maximum absolute atomic E-state index is 8.95. The standard InChI is InChI=1S/C14H11ClN6/c1-21(8-10-4-2-3-9(5-10)6-16)13-11-7-17-20-12(11)18-14(15)19-13/h2-5,7H,8H2,1H3,(H,17,18,19,20). The Morgan fingerprint density at radius 3 is 3.05 bits per heavy atom. The van der Waals surface area contributed by atoms with Crippen molar-refractivity contribution in [3.8, 4) is 6.07 Å². The minimum absolute atomic E-state index is 0.166. The number of nitriles is 1. The minimum Gasteiger partial charge on any atom is -0.355 e. The molecule has 0 unspecified atom stereocenters. The summed E-state index contributed by atoms with van der Waals surface area (Å²) in [5.41, 5.74) is 2.25. The van der Waals surface area contributed by atoms with E-state index < -0.39 is 0 Å². The van der Waals surface area contributed by atoms with Crippen LogP contribution in [0.3, 0.4) is 0 Å². The van der Waals surface area contributed by atoms with Gasteiger partial charge in [0, 0.05) is 13.6 Å². The lowest BCUT2D eigenvalue weighted by atomic mass is 10.1. The van der Waals surface area contributed by atoms with Gasteiger partial charge in [0.05, 0.1) is 23.2 Å². The Morgan fingerprint density at radius 1 is 1.38 bits per heavy atom. The first kappa shape index (κ1) is 13.3. The number of benzene rings is 1. The van der Waals surface area contributed by atoms with Crippen LogP contribution in [0.1, 0.15) is 11.1 Å². The van der Waals surface area contributed by atoms with Crippen LogP contribution >= 0.6 is 11.6 Å². The molecule has 0 saturated heterocycles. The smallest absolute Gasteiger partial charge is 0.226 e. The summed E-state index contributed by atoms with van der Waals surface area (Å²) in [5.74, 6) is 0.695. The molecule has 0 atom stereocenters. The van der Waals surface area contributed by atoms with Crippen molar-refractivity contribution in [2.75, 3.05) is 11.9 Å². The van der Waals surface area contributed by atoms with Gasteiger partial charge in [-0.15, -0.1) is 0 Å². The van der Waals surface area contributed by atoms with Crippen LogP contribution < -0.4 is 4.90 Å². The summed E-state index contributed by atoms with van der Waals surface area (Å²) in [4.78, 5) is 10.3. The fourth-order valence-electron chi connectivity index (χ4n) is 2.17. The topological polar surface area (TPSA) is 81.5 Å². The monoisotopic (exact) mass is 298 g/mol. The van der Waals surface area contributed by atoms with Crippen molar-refractivity contribution in [3.63, 3.8) is 0 Å². The number of hydrogen-bond acceptors (Lipinski definition) is 5. The van der Waals surface area contributed by atoms with Crippen molar-refractivity contribution in [2.45, 2.75) is 6.54 Å². The van der Waals surface area contributed by atoms with Crippen LogP contribution in [0.25, 0.3) is 11.0 Å². The van der Waals surface area contributed by atoms with Crippen molar-refractivity contribution < 1.29 is 0 Å². The molecule has 1 N–H and O–H groups in total. The first-order valence-corrected chi connectivity index (χ1v) is 6.62. The van der Waals surface area contributed by atoms with E-state index in [1.807, 2.05) is 30.1 Å². The zero-order valence-electron chi connectivity index (χ0n) is 11.2. The fraction of sp³-hybridized carbons (Fsp3) is 0.143. The van der Waals surface area contributed by atoms with Crippen LogP contribution in [0.2, 0.25) is 5.28 Å². The Bertz CT molecular complexity index is 835. The van der Waals surface area contributed by atoms with Gasteiger partial charge in [0.15, 0.2) is 5.65 Å². The molecule has 2 heterocycles. The number of fused-ring (bicyclic) bond motifs is 1. The van der Waals surface area contributed by atoms with Gasteiger partial charge in [-0.05, 0) is 29.3 Å². The highest BCUT2D eigenvalue weighted by atomic mass is 35.5. The summed E-state index contributed by atoms with van der Waals surface area (Å²) < 4.78 is 0. The van der Waals surface area contributed by atoms with E-state index in [0.717, 1.165) is 10.9 Å².